The summed E-state index contributed by atoms with van der Waals surface area (Å²) in [5.41, 5.74) is 5.02. The highest BCUT2D eigenvalue weighted by Crippen LogP contribution is 2.50. The predicted molar refractivity (Wildman–Crippen MR) is 124 cm³/mol. The zero-order valence-electron chi connectivity index (χ0n) is 18.7. The van der Waals surface area contributed by atoms with E-state index in [1.165, 1.54) is 0 Å². The number of carbonyl (C=O) groups excluding carboxylic acids is 1. The Kier molecular flexibility index (Phi) is 5.05. The second kappa shape index (κ2) is 7.93. The van der Waals surface area contributed by atoms with Crippen molar-refractivity contribution in [3.05, 3.63) is 75.6 Å². The number of methoxy groups -OCH3 is 1. The Morgan fingerprint density at radius 3 is 2.52 bits per heavy atom. The molecule has 0 radical (unpaired) electrons. The van der Waals surface area contributed by atoms with Crippen molar-refractivity contribution in [2.24, 2.45) is 0 Å². The molecule has 0 atom stereocenters. The number of nitrogens with zero attached hydrogens (tertiary/aromatic N) is 2. The van der Waals surface area contributed by atoms with Crippen LogP contribution in [0, 0.1) is 11.3 Å². The van der Waals surface area contributed by atoms with E-state index in [0.717, 1.165) is 53.6 Å². The van der Waals surface area contributed by atoms with Crippen molar-refractivity contribution in [1.29, 1.82) is 5.26 Å². The van der Waals surface area contributed by atoms with E-state index in [-0.39, 0.29) is 23.1 Å². The summed E-state index contributed by atoms with van der Waals surface area (Å²) in [5.74, 6) is 0.114. The van der Waals surface area contributed by atoms with Crippen LogP contribution in [0.25, 0.3) is 22.4 Å². The molecule has 1 aliphatic carbocycles. The van der Waals surface area contributed by atoms with Crippen LogP contribution in [-0.4, -0.2) is 24.3 Å². The van der Waals surface area contributed by atoms with Gasteiger partial charge in [-0.1, -0.05) is 12.1 Å². The third-order valence-electron chi connectivity index (χ3n) is 6.89. The van der Waals surface area contributed by atoms with Crippen LogP contribution in [0.1, 0.15) is 47.7 Å². The lowest BCUT2D eigenvalue weighted by Gasteiger charge is -2.49. The summed E-state index contributed by atoms with van der Waals surface area (Å²) in [6, 6.07) is 15.3. The van der Waals surface area contributed by atoms with E-state index in [4.69, 9.17) is 14.7 Å². The van der Waals surface area contributed by atoms with Gasteiger partial charge in [-0.05, 0) is 68.0 Å². The summed E-state index contributed by atoms with van der Waals surface area (Å²) in [7, 11) is 1.63. The number of rotatable bonds is 4. The van der Waals surface area contributed by atoms with Gasteiger partial charge < -0.3 is 14.0 Å². The molecule has 1 spiro atoms. The molecule has 1 saturated carbocycles. The Bertz CT molecular complexity index is 1360. The maximum atomic E-state index is 12.9. The lowest BCUT2D eigenvalue weighted by molar-refractivity contribution is 0.0521. The highest BCUT2D eigenvalue weighted by Gasteiger charge is 2.43. The Morgan fingerprint density at radius 1 is 1.15 bits per heavy atom. The first kappa shape index (κ1) is 21.0. The van der Waals surface area contributed by atoms with Crippen LogP contribution in [0.5, 0.6) is 5.75 Å². The minimum atomic E-state index is -0.577. The lowest BCUT2D eigenvalue weighted by Crippen LogP contribution is -2.46. The molecule has 0 N–H and O–H groups in total. The van der Waals surface area contributed by atoms with Gasteiger partial charge in [0.1, 0.15) is 11.3 Å². The van der Waals surface area contributed by atoms with Gasteiger partial charge in [-0.25, -0.2) is 4.79 Å². The van der Waals surface area contributed by atoms with E-state index in [1.54, 1.807) is 38.4 Å². The molecule has 1 fully saturated rings. The molecule has 0 amide bonds. The number of hydrogen-bond donors (Lipinski definition) is 0. The fraction of sp³-hybridized carbons (Fsp3) is 0.296. The van der Waals surface area contributed by atoms with Crippen molar-refractivity contribution < 1.29 is 14.3 Å². The summed E-state index contributed by atoms with van der Waals surface area (Å²) in [6.45, 7) is 1.96. The Hall–Kier alpha value is -3.85. The molecule has 2 heterocycles. The standard InChI is InChI=1S/C27H24N2O4/c1-3-33-26(31)22-16-29-23(13-24(22)30)20-12-25(32-2)21(18-7-5-17(15-28)6-8-18)11-19(20)14-27(29)9-4-10-27/h5-8,11-13,16H,3-4,9-10,14H2,1-2H3. The summed E-state index contributed by atoms with van der Waals surface area (Å²) in [6.07, 6.45) is 5.59. The normalized spacial score (nSPS) is 15.1. The number of aromatic nitrogens is 1. The van der Waals surface area contributed by atoms with Crippen LogP contribution in [0.3, 0.4) is 0 Å². The van der Waals surface area contributed by atoms with Crippen LogP contribution in [0.15, 0.2) is 53.5 Å². The van der Waals surface area contributed by atoms with Gasteiger partial charge in [0.15, 0.2) is 5.43 Å². The van der Waals surface area contributed by atoms with E-state index in [0.29, 0.717) is 11.3 Å². The topological polar surface area (TPSA) is 81.3 Å². The number of ether oxygens (including phenoxy) is 2. The van der Waals surface area contributed by atoms with Gasteiger partial charge in [0.2, 0.25) is 0 Å². The van der Waals surface area contributed by atoms with Crippen molar-refractivity contribution in [2.45, 2.75) is 38.1 Å². The molecule has 3 aromatic rings. The van der Waals surface area contributed by atoms with Crippen LogP contribution in [0.4, 0.5) is 0 Å². The first-order chi connectivity index (χ1) is 16.0. The number of esters is 1. The summed E-state index contributed by atoms with van der Waals surface area (Å²) < 4.78 is 13.0. The lowest BCUT2D eigenvalue weighted by atomic mass is 9.69. The molecule has 6 nitrogen and oxygen atoms in total. The zero-order valence-corrected chi connectivity index (χ0v) is 18.7. The Labute approximate surface area is 192 Å². The van der Waals surface area contributed by atoms with Gasteiger partial charge in [-0.3, -0.25) is 4.79 Å². The molecule has 0 bridgehead atoms. The molecule has 6 heteroatoms. The number of hydrogen-bond acceptors (Lipinski definition) is 5. The van der Waals surface area contributed by atoms with Gasteiger partial charge in [-0.15, -0.1) is 0 Å². The summed E-state index contributed by atoms with van der Waals surface area (Å²) >= 11 is 0. The number of benzene rings is 2. The quantitative estimate of drug-likeness (QED) is 0.551. The van der Waals surface area contributed by atoms with Gasteiger partial charge in [0, 0.05) is 28.9 Å². The SMILES string of the molecule is CCOC(=O)c1cn2c(cc1=O)-c1cc(OC)c(-c3ccc(C#N)cc3)cc1CC21CCC1. The van der Waals surface area contributed by atoms with Gasteiger partial charge >= 0.3 is 5.97 Å². The minimum absolute atomic E-state index is 0.0801. The fourth-order valence-electron chi connectivity index (χ4n) is 5.07. The van der Waals surface area contributed by atoms with E-state index in [1.807, 2.05) is 18.2 Å². The zero-order chi connectivity index (χ0) is 23.2. The van der Waals surface area contributed by atoms with Crippen molar-refractivity contribution in [1.82, 2.24) is 4.57 Å². The third kappa shape index (κ3) is 3.32. The van der Waals surface area contributed by atoms with Crippen molar-refractivity contribution in [3.8, 4) is 34.2 Å². The van der Waals surface area contributed by atoms with Gasteiger partial charge in [-0.2, -0.15) is 5.26 Å². The average Bonchev–Trinajstić information content (AvgIpc) is 2.81. The first-order valence-electron chi connectivity index (χ1n) is 11.2. The van der Waals surface area contributed by atoms with Crippen molar-refractivity contribution in [2.75, 3.05) is 13.7 Å². The Balaban J connectivity index is 1.69. The van der Waals surface area contributed by atoms with Crippen LogP contribution >= 0.6 is 0 Å². The fourth-order valence-corrected chi connectivity index (χ4v) is 5.07. The summed E-state index contributed by atoms with van der Waals surface area (Å²) in [5, 5.41) is 9.12. The number of carbonyl (C=O) groups is 1. The van der Waals surface area contributed by atoms with Gasteiger partial charge in [0.25, 0.3) is 0 Å². The smallest absolute Gasteiger partial charge is 0.343 e. The maximum Gasteiger partial charge on any atom is 0.343 e. The second-order valence-corrected chi connectivity index (χ2v) is 8.68. The molecule has 0 unspecified atom stereocenters. The Morgan fingerprint density at radius 2 is 1.91 bits per heavy atom. The van der Waals surface area contributed by atoms with E-state index < -0.39 is 5.97 Å². The predicted octanol–water partition coefficient (Wildman–Crippen LogP) is 4.67. The summed E-state index contributed by atoms with van der Waals surface area (Å²) in [4.78, 5) is 25.3. The van der Waals surface area contributed by atoms with E-state index in [9.17, 15) is 9.59 Å². The molecule has 166 valence electrons. The van der Waals surface area contributed by atoms with E-state index >= 15 is 0 Å². The van der Waals surface area contributed by atoms with Crippen LogP contribution in [-0.2, 0) is 16.7 Å². The van der Waals surface area contributed by atoms with Gasteiger partial charge in [0.05, 0.1) is 31.0 Å². The molecule has 1 aromatic heterocycles. The second-order valence-electron chi connectivity index (χ2n) is 8.68. The first-order valence-corrected chi connectivity index (χ1v) is 11.2. The average molecular weight is 440 g/mol. The molecular formula is C27H24N2O4. The highest BCUT2D eigenvalue weighted by molar-refractivity contribution is 5.90. The molecule has 0 saturated heterocycles. The maximum absolute atomic E-state index is 12.9. The number of nitriles is 1. The highest BCUT2D eigenvalue weighted by atomic mass is 16.5. The minimum Gasteiger partial charge on any atom is -0.496 e. The number of pyridine rings is 1. The van der Waals surface area contributed by atoms with Crippen molar-refractivity contribution >= 4 is 5.97 Å². The molecule has 5 rings (SSSR count). The molecule has 33 heavy (non-hydrogen) atoms. The molecule has 2 aromatic carbocycles. The number of fused-ring (bicyclic) bond motifs is 4. The molecular weight excluding hydrogens is 416 g/mol. The monoisotopic (exact) mass is 440 g/mol. The van der Waals surface area contributed by atoms with Crippen molar-refractivity contribution in [3.63, 3.8) is 0 Å². The third-order valence-corrected chi connectivity index (χ3v) is 6.89. The molecule has 1 aliphatic heterocycles. The van der Waals surface area contributed by atoms with Crippen LogP contribution in [0.2, 0.25) is 0 Å². The largest absolute Gasteiger partial charge is 0.496 e. The molecule has 2 aliphatic rings. The van der Waals surface area contributed by atoms with Crippen LogP contribution < -0.4 is 10.2 Å². The van der Waals surface area contributed by atoms with E-state index in [2.05, 4.69) is 16.7 Å².